The molecule has 434 valence electrons. The van der Waals surface area contributed by atoms with E-state index in [2.05, 4.69) is 34.0 Å². The van der Waals surface area contributed by atoms with Crippen molar-refractivity contribution in [1.82, 2.24) is 29.5 Å². The number of hydrogen-bond acceptors (Lipinski definition) is 6. The molecule has 0 aliphatic heterocycles. The van der Waals surface area contributed by atoms with Gasteiger partial charge in [-0.2, -0.15) is 36.5 Å². The van der Waals surface area contributed by atoms with Crippen molar-refractivity contribution in [2.24, 2.45) is 0 Å². The van der Waals surface area contributed by atoms with E-state index in [0.717, 1.165) is 38.9 Å². The Balaban J connectivity index is 0.000000219. The summed E-state index contributed by atoms with van der Waals surface area (Å²) in [5.74, 6) is -0.282. The molecule has 15 heteroatoms. The minimum atomic E-state index is -4.79. The van der Waals surface area contributed by atoms with Gasteiger partial charge in [-0.1, -0.05) is 228 Å². The minimum absolute atomic E-state index is 0. The largest absolute Gasteiger partial charge is 0.460 e. The molecule has 1 unspecified atom stereocenters. The highest BCUT2D eigenvalue weighted by Crippen LogP contribution is 2.48. The van der Waals surface area contributed by atoms with Crippen molar-refractivity contribution in [2.75, 3.05) is 0 Å². The third kappa shape index (κ3) is 11.9. The first-order valence-electron chi connectivity index (χ1n) is 27.4. The number of alkyl halides is 6. The molecular weight excluding hydrogens is 1200 g/mol. The van der Waals surface area contributed by atoms with Gasteiger partial charge in [0.1, 0.15) is 16.7 Å². The van der Waals surface area contributed by atoms with Gasteiger partial charge in [0.15, 0.2) is 22.7 Å². The molecule has 11 rings (SSSR count). The van der Waals surface area contributed by atoms with Gasteiger partial charge < -0.3 is 4.74 Å². The Bertz CT molecular complexity index is 3850. The van der Waals surface area contributed by atoms with Gasteiger partial charge in [0.2, 0.25) is 0 Å². The number of carbonyl (C=O) groups is 1. The van der Waals surface area contributed by atoms with E-state index in [9.17, 15) is 18.0 Å². The Morgan fingerprint density at radius 2 is 0.835 bits per heavy atom. The van der Waals surface area contributed by atoms with Gasteiger partial charge in [-0.05, 0) is 124 Å². The molecule has 0 bridgehead atoms. The van der Waals surface area contributed by atoms with Gasteiger partial charge in [-0.15, -0.1) is 0 Å². The molecule has 0 aliphatic carbocycles. The third-order valence-corrected chi connectivity index (χ3v) is 16.3. The highest BCUT2D eigenvalue weighted by Gasteiger charge is 2.48. The van der Waals surface area contributed by atoms with Gasteiger partial charge in [-0.25, -0.2) is 19.3 Å². The molecule has 7 aromatic carbocycles. The normalized spacial score (nSPS) is 12.9. The molecule has 0 radical (unpaired) electrons. The molecule has 0 saturated heterocycles. The lowest BCUT2D eigenvalue weighted by atomic mass is 9.75. The monoisotopic (exact) mass is 1260 g/mol. The number of ether oxygens (including phenoxy) is 1. The maximum Gasteiger partial charge on any atom is 0.435 e. The fraction of sp³-hybridized carbons (Fsp3) is 0.214. The molecule has 85 heavy (non-hydrogen) atoms. The van der Waals surface area contributed by atoms with Crippen molar-refractivity contribution in [3.8, 4) is 11.1 Å². The summed E-state index contributed by atoms with van der Waals surface area (Å²) in [7, 11) is 0. The first kappa shape index (κ1) is 61.1. The Labute approximate surface area is 504 Å². The van der Waals surface area contributed by atoms with Crippen LogP contribution in [0.3, 0.4) is 0 Å². The number of fused-ring (bicyclic) bond motifs is 2. The summed E-state index contributed by atoms with van der Waals surface area (Å²) in [5.41, 5.74) is 1.25. The lowest BCUT2D eigenvalue weighted by Crippen LogP contribution is -2.39. The van der Waals surface area contributed by atoms with Crippen molar-refractivity contribution < 1.29 is 35.9 Å². The number of nitrogens with zero attached hydrogens (tertiary/aromatic N) is 6. The average molecular weight is 1260 g/mol. The second-order valence-electron chi connectivity index (χ2n) is 21.8. The molecule has 4 aromatic heterocycles. The fourth-order valence-electron chi connectivity index (χ4n) is 11.3. The van der Waals surface area contributed by atoms with E-state index in [1.54, 1.807) is 18.3 Å². The zero-order chi connectivity index (χ0) is 59.5. The molecule has 0 N–H and O–H groups in total. The van der Waals surface area contributed by atoms with Gasteiger partial charge in [0.05, 0.1) is 10.8 Å². The second-order valence-corrected chi connectivity index (χ2v) is 22.9. The van der Waals surface area contributed by atoms with Crippen LogP contribution in [0.1, 0.15) is 112 Å². The van der Waals surface area contributed by atoms with E-state index in [1.807, 2.05) is 250 Å². The molecule has 11 aromatic rings. The van der Waals surface area contributed by atoms with Crippen LogP contribution in [0.15, 0.2) is 231 Å². The molecule has 8 nitrogen and oxygen atoms in total. The zero-order valence-corrected chi connectivity index (χ0v) is 48.9. The number of hydrogen-bond donors (Lipinski definition) is 0. The number of carbonyl (C=O) groups excluding carboxylic acids is 1. The predicted octanol–water partition coefficient (Wildman–Crippen LogP) is 18.3. The van der Waals surface area contributed by atoms with Crippen LogP contribution in [0.25, 0.3) is 33.2 Å². The summed E-state index contributed by atoms with van der Waals surface area (Å²) in [5, 5.41) is 8.65. The summed E-state index contributed by atoms with van der Waals surface area (Å²) in [6.07, 6.45) is -4.90. The van der Waals surface area contributed by atoms with Crippen LogP contribution < -0.4 is 0 Å². The van der Waals surface area contributed by atoms with Crippen LogP contribution in [0.2, 0.25) is 0 Å². The molecule has 0 amide bonds. The lowest BCUT2D eigenvalue weighted by Gasteiger charge is -2.36. The number of benzene rings is 7. The highest BCUT2D eigenvalue weighted by atomic mass is 127. The first-order chi connectivity index (χ1) is 40.2. The van der Waals surface area contributed by atoms with Crippen molar-refractivity contribution in [1.29, 1.82) is 0 Å². The molecule has 0 spiro atoms. The van der Waals surface area contributed by atoms with E-state index in [-0.39, 0.29) is 41.9 Å². The van der Waals surface area contributed by atoms with Crippen LogP contribution in [0.5, 0.6) is 0 Å². The number of esters is 1. The summed E-state index contributed by atoms with van der Waals surface area (Å²) >= 11 is 1.92. The average Bonchev–Trinajstić information content (AvgIpc) is 1.85. The van der Waals surface area contributed by atoms with E-state index in [0.29, 0.717) is 27.5 Å². The van der Waals surface area contributed by atoms with Crippen LogP contribution in [0.4, 0.5) is 26.3 Å². The topological polar surface area (TPSA) is 87.7 Å². The Kier molecular flexibility index (Phi) is 17.7. The van der Waals surface area contributed by atoms with E-state index in [4.69, 9.17) is 4.74 Å². The Morgan fingerprint density at radius 3 is 1.20 bits per heavy atom. The van der Waals surface area contributed by atoms with Crippen molar-refractivity contribution in [3.63, 3.8) is 0 Å². The van der Waals surface area contributed by atoms with Gasteiger partial charge >= 0.3 is 18.3 Å². The molecule has 0 fully saturated rings. The Morgan fingerprint density at radius 1 is 0.482 bits per heavy atom. The third-order valence-electron chi connectivity index (χ3n) is 15.4. The molecule has 1 atom stereocenters. The summed E-state index contributed by atoms with van der Waals surface area (Å²) in [6, 6.07) is 67.6. The predicted molar refractivity (Wildman–Crippen MR) is 332 cm³/mol. The molecular formula is C70H63F6IN6O2. The van der Waals surface area contributed by atoms with Crippen LogP contribution in [-0.2, 0) is 38.4 Å². The minimum Gasteiger partial charge on any atom is -0.460 e. The number of pyridine rings is 2. The summed E-state index contributed by atoms with van der Waals surface area (Å²) in [6.45, 7) is 9.64. The second kappa shape index (κ2) is 24.6. The number of rotatable bonds is 14. The quantitative estimate of drug-likeness (QED) is 0.0467. The van der Waals surface area contributed by atoms with Gasteiger partial charge in [-0.3, -0.25) is 4.79 Å². The van der Waals surface area contributed by atoms with Crippen LogP contribution in [0, 0.1) is 3.57 Å². The van der Waals surface area contributed by atoms with Crippen LogP contribution in [-0.4, -0.2) is 41.1 Å². The first-order valence-corrected chi connectivity index (χ1v) is 28.5. The van der Waals surface area contributed by atoms with E-state index < -0.39 is 45.8 Å². The summed E-state index contributed by atoms with van der Waals surface area (Å²) < 4.78 is 97.4. The fourth-order valence-corrected chi connectivity index (χ4v) is 12.0. The smallest absolute Gasteiger partial charge is 0.435 e. The maximum absolute atomic E-state index is 15.3. The van der Waals surface area contributed by atoms with Crippen LogP contribution >= 0.6 is 22.6 Å². The van der Waals surface area contributed by atoms with Gasteiger partial charge in [0, 0.05) is 22.4 Å². The molecule has 0 saturated carbocycles. The van der Waals surface area contributed by atoms with Crippen molar-refractivity contribution >= 4 is 50.6 Å². The highest BCUT2D eigenvalue weighted by molar-refractivity contribution is 14.1. The van der Waals surface area contributed by atoms with Gasteiger partial charge in [0.25, 0.3) is 0 Å². The SMILES string of the molecule is C.CCC(C)(CCC(=O)OC(C)(C)C)c1cccc(-c2ccnc3c2c(C(F)(F)F)nn3C(c2ccccc2)(c2ccccc2)c2ccccc2)c1.FC(F)(F)c1nn(C(c2ccccc2)(c2ccccc2)c2ccccc2)c2nccc(I)c12. The number of aromatic nitrogens is 6. The molecule has 4 heterocycles. The Hall–Kier alpha value is -8.44. The van der Waals surface area contributed by atoms with Crippen molar-refractivity contribution in [2.45, 2.75) is 95.8 Å². The standard InChI is InChI=1S/C43H42F3N3O2.C26H17F3IN3.CH4/c1-6-41(5,27-25-36(50)51-40(2,3)4)34-24-16-17-30(29-34)35-26-28-47-39-37(35)38(43(44,45)46)48-49(39)42(31-18-10-7-11-19-31,32-20-12-8-13-21-32)33-22-14-9-15-23-33;27-26(28,29)23-22-21(30)16-17-31-24(22)33(32-23)25(18-10-4-1-5-11-18,19-12-6-2-7-13-19)20-14-8-3-9-15-20;/h7-24,26,28-29H,6,25,27H2,1-5H3;1-17H;1H4. The molecule has 0 aliphatic rings. The number of halogens is 7. The van der Waals surface area contributed by atoms with E-state index >= 15 is 13.2 Å². The van der Waals surface area contributed by atoms with E-state index in [1.165, 1.54) is 15.6 Å². The lowest BCUT2D eigenvalue weighted by molar-refractivity contribution is -0.155. The zero-order valence-electron chi connectivity index (χ0n) is 46.7. The maximum atomic E-state index is 15.3. The summed E-state index contributed by atoms with van der Waals surface area (Å²) in [4.78, 5) is 21.7. The van der Waals surface area contributed by atoms with Crippen molar-refractivity contribution in [3.05, 3.63) is 285 Å².